The summed E-state index contributed by atoms with van der Waals surface area (Å²) < 4.78 is 10.2. The Hall–Kier alpha value is -1.75. The highest BCUT2D eigenvalue weighted by Crippen LogP contribution is 2.24. The molecule has 2 atom stereocenters. The van der Waals surface area contributed by atoms with E-state index in [1.54, 1.807) is 7.11 Å². The number of hydrogen-bond acceptors (Lipinski definition) is 5. The van der Waals surface area contributed by atoms with E-state index in [4.69, 9.17) is 9.47 Å². The quantitative estimate of drug-likeness (QED) is 0.817. The van der Waals surface area contributed by atoms with Gasteiger partial charge >= 0.3 is 5.97 Å². The summed E-state index contributed by atoms with van der Waals surface area (Å²) in [4.78, 5) is 14.1. The second-order valence-electron chi connectivity index (χ2n) is 5.64. The SMILES string of the molecule is CC[C@H](N[C@@H]1CCCN(c2cccc(OC)c2)C1)C(=O)OC. The molecule has 2 rings (SSSR count). The van der Waals surface area contributed by atoms with Crippen molar-refractivity contribution in [1.29, 1.82) is 0 Å². The van der Waals surface area contributed by atoms with Crippen LogP contribution in [0.3, 0.4) is 0 Å². The molecule has 5 nitrogen and oxygen atoms in total. The van der Waals surface area contributed by atoms with E-state index in [2.05, 4.69) is 22.3 Å². The summed E-state index contributed by atoms with van der Waals surface area (Å²) in [5, 5.41) is 3.44. The molecular formula is C17H26N2O3. The van der Waals surface area contributed by atoms with Gasteiger partial charge in [0, 0.05) is 30.9 Å². The molecule has 0 amide bonds. The molecule has 0 aliphatic carbocycles. The highest BCUT2D eigenvalue weighted by atomic mass is 16.5. The normalized spacial score (nSPS) is 19.6. The van der Waals surface area contributed by atoms with Crippen LogP contribution in [0.1, 0.15) is 26.2 Å². The van der Waals surface area contributed by atoms with E-state index in [0.29, 0.717) is 6.04 Å². The van der Waals surface area contributed by atoms with Gasteiger partial charge in [0.25, 0.3) is 0 Å². The van der Waals surface area contributed by atoms with Crippen LogP contribution >= 0.6 is 0 Å². The molecule has 0 saturated carbocycles. The van der Waals surface area contributed by atoms with Gasteiger partial charge in [0.2, 0.25) is 0 Å². The monoisotopic (exact) mass is 306 g/mol. The lowest BCUT2D eigenvalue weighted by Gasteiger charge is -2.36. The van der Waals surface area contributed by atoms with Crippen LogP contribution in [0.2, 0.25) is 0 Å². The molecule has 1 aromatic carbocycles. The van der Waals surface area contributed by atoms with E-state index in [0.717, 1.165) is 43.8 Å². The minimum Gasteiger partial charge on any atom is -0.497 e. The number of hydrogen-bond donors (Lipinski definition) is 1. The van der Waals surface area contributed by atoms with Crippen molar-refractivity contribution in [3.8, 4) is 5.75 Å². The molecule has 1 fully saturated rings. The van der Waals surface area contributed by atoms with Crippen LogP contribution in [0.4, 0.5) is 5.69 Å². The van der Waals surface area contributed by atoms with Crippen molar-refractivity contribution in [2.45, 2.75) is 38.3 Å². The van der Waals surface area contributed by atoms with Crippen molar-refractivity contribution < 1.29 is 14.3 Å². The summed E-state index contributed by atoms with van der Waals surface area (Å²) in [5.41, 5.74) is 1.16. The number of ether oxygens (including phenoxy) is 2. The molecule has 1 aromatic rings. The Balaban J connectivity index is 2.00. The topological polar surface area (TPSA) is 50.8 Å². The Morgan fingerprint density at radius 3 is 2.95 bits per heavy atom. The first kappa shape index (κ1) is 16.6. The van der Waals surface area contributed by atoms with E-state index in [9.17, 15) is 4.79 Å². The molecule has 0 unspecified atom stereocenters. The molecule has 0 aromatic heterocycles. The maximum atomic E-state index is 11.7. The van der Waals surface area contributed by atoms with Crippen LogP contribution in [0, 0.1) is 0 Å². The first-order chi connectivity index (χ1) is 10.7. The average Bonchev–Trinajstić information content (AvgIpc) is 2.59. The highest BCUT2D eigenvalue weighted by Gasteiger charge is 2.25. The number of carbonyl (C=O) groups excluding carboxylic acids is 1. The zero-order chi connectivity index (χ0) is 15.9. The van der Waals surface area contributed by atoms with Crippen LogP contribution in [0.25, 0.3) is 0 Å². The standard InChI is InChI=1S/C17H26N2O3/c1-4-16(17(20)22-3)18-13-7-6-10-19(12-13)14-8-5-9-15(11-14)21-2/h5,8-9,11,13,16,18H,4,6-7,10,12H2,1-3H3/t13-,16+/m1/s1. The summed E-state index contributed by atoms with van der Waals surface area (Å²) in [6.07, 6.45) is 2.92. The van der Waals surface area contributed by atoms with Gasteiger partial charge in [0.1, 0.15) is 11.8 Å². The van der Waals surface area contributed by atoms with Crippen LogP contribution in [-0.4, -0.2) is 45.4 Å². The molecule has 122 valence electrons. The lowest BCUT2D eigenvalue weighted by atomic mass is 10.0. The second kappa shape index (κ2) is 8.03. The molecule has 1 heterocycles. The third kappa shape index (κ3) is 4.13. The predicted molar refractivity (Wildman–Crippen MR) is 87.5 cm³/mol. The molecule has 1 saturated heterocycles. The number of benzene rings is 1. The second-order valence-corrected chi connectivity index (χ2v) is 5.64. The molecule has 1 aliphatic heterocycles. The van der Waals surface area contributed by atoms with Crippen molar-refractivity contribution in [2.75, 3.05) is 32.2 Å². The highest BCUT2D eigenvalue weighted by molar-refractivity contribution is 5.75. The number of nitrogens with one attached hydrogen (secondary N) is 1. The number of carbonyl (C=O) groups is 1. The third-order valence-electron chi connectivity index (χ3n) is 4.17. The number of methoxy groups -OCH3 is 2. The fraction of sp³-hybridized carbons (Fsp3) is 0.588. The Labute approximate surface area is 132 Å². The van der Waals surface area contributed by atoms with Crippen LogP contribution in [0.5, 0.6) is 5.75 Å². The Bertz CT molecular complexity index is 493. The summed E-state index contributed by atoms with van der Waals surface area (Å²) in [6.45, 7) is 3.91. The summed E-state index contributed by atoms with van der Waals surface area (Å²) in [7, 11) is 3.12. The van der Waals surface area contributed by atoms with Gasteiger partial charge in [-0.1, -0.05) is 13.0 Å². The maximum absolute atomic E-state index is 11.7. The first-order valence-corrected chi connectivity index (χ1v) is 7.90. The van der Waals surface area contributed by atoms with Crippen molar-refractivity contribution in [1.82, 2.24) is 5.32 Å². The number of piperidine rings is 1. The zero-order valence-corrected chi connectivity index (χ0v) is 13.7. The Kier molecular flexibility index (Phi) is 6.07. The van der Waals surface area contributed by atoms with Gasteiger partial charge in [-0.05, 0) is 31.4 Å². The van der Waals surface area contributed by atoms with Gasteiger partial charge < -0.3 is 14.4 Å². The third-order valence-corrected chi connectivity index (χ3v) is 4.17. The molecule has 5 heteroatoms. The summed E-state index contributed by atoms with van der Waals surface area (Å²) >= 11 is 0. The lowest BCUT2D eigenvalue weighted by molar-refractivity contribution is -0.143. The molecular weight excluding hydrogens is 280 g/mol. The summed E-state index contributed by atoms with van der Waals surface area (Å²) in [6, 6.07) is 8.19. The van der Waals surface area contributed by atoms with Crippen LogP contribution < -0.4 is 15.0 Å². The zero-order valence-electron chi connectivity index (χ0n) is 13.7. The first-order valence-electron chi connectivity index (χ1n) is 7.90. The molecule has 0 spiro atoms. The van der Waals surface area contributed by atoms with Gasteiger partial charge in [-0.3, -0.25) is 10.1 Å². The lowest BCUT2D eigenvalue weighted by Crippen LogP contribution is -2.51. The Morgan fingerprint density at radius 2 is 2.27 bits per heavy atom. The molecule has 1 aliphatic rings. The van der Waals surface area contributed by atoms with Gasteiger partial charge in [-0.15, -0.1) is 0 Å². The van der Waals surface area contributed by atoms with E-state index in [1.165, 1.54) is 7.11 Å². The van der Waals surface area contributed by atoms with Crippen molar-refractivity contribution >= 4 is 11.7 Å². The van der Waals surface area contributed by atoms with E-state index in [-0.39, 0.29) is 12.0 Å². The van der Waals surface area contributed by atoms with Crippen LogP contribution in [0.15, 0.2) is 24.3 Å². The van der Waals surface area contributed by atoms with Gasteiger partial charge in [0.05, 0.1) is 14.2 Å². The number of rotatable bonds is 6. The fourth-order valence-corrected chi connectivity index (χ4v) is 2.93. The number of nitrogens with zero attached hydrogens (tertiary/aromatic N) is 1. The van der Waals surface area contributed by atoms with Gasteiger partial charge in [-0.25, -0.2) is 0 Å². The Morgan fingerprint density at radius 1 is 1.45 bits per heavy atom. The largest absolute Gasteiger partial charge is 0.497 e. The predicted octanol–water partition coefficient (Wildman–Crippen LogP) is 2.21. The molecule has 22 heavy (non-hydrogen) atoms. The van der Waals surface area contributed by atoms with Crippen LogP contribution in [-0.2, 0) is 9.53 Å². The smallest absolute Gasteiger partial charge is 0.322 e. The van der Waals surface area contributed by atoms with Crippen molar-refractivity contribution in [3.05, 3.63) is 24.3 Å². The molecule has 0 radical (unpaired) electrons. The number of anilines is 1. The minimum atomic E-state index is -0.222. The van der Waals surface area contributed by atoms with Crippen molar-refractivity contribution in [3.63, 3.8) is 0 Å². The average molecular weight is 306 g/mol. The molecule has 0 bridgehead atoms. The molecule has 1 N–H and O–H groups in total. The maximum Gasteiger partial charge on any atom is 0.322 e. The van der Waals surface area contributed by atoms with E-state index < -0.39 is 0 Å². The van der Waals surface area contributed by atoms with E-state index >= 15 is 0 Å². The minimum absolute atomic E-state index is 0.180. The van der Waals surface area contributed by atoms with E-state index in [1.807, 2.05) is 19.1 Å². The van der Waals surface area contributed by atoms with Gasteiger partial charge in [0.15, 0.2) is 0 Å². The summed E-state index contributed by atoms with van der Waals surface area (Å²) in [5.74, 6) is 0.689. The number of esters is 1. The van der Waals surface area contributed by atoms with Crippen molar-refractivity contribution in [2.24, 2.45) is 0 Å². The fourth-order valence-electron chi connectivity index (χ4n) is 2.93. The van der Waals surface area contributed by atoms with Gasteiger partial charge in [-0.2, -0.15) is 0 Å².